The number of aliphatic hydroxyl groups excluding tert-OH is 1. The Balaban J connectivity index is 2.41. The Hall–Kier alpha value is -0.120. The smallest absolute Gasteiger partial charge is 0.169 e. The van der Waals surface area contributed by atoms with Gasteiger partial charge in [-0.25, -0.2) is 0 Å². The predicted octanol–water partition coefficient (Wildman–Crippen LogP) is -0.822. The fourth-order valence-corrected chi connectivity index (χ4v) is 0.843. The van der Waals surface area contributed by atoms with Crippen LogP contribution in [0.5, 0.6) is 0 Å². The van der Waals surface area contributed by atoms with Gasteiger partial charge in [0.05, 0.1) is 5.54 Å². The van der Waals surface area contributed by atoms with Gasteiger partial charge in [0.15, 0.2) is 6.29 Å². The lowest BCUT2D eigenvalue weighted by Gasteiger charge is -2.39. The topological polar surface area (TPSA) is 66.5 Å². The average molecular weight is 117 g/mol. The molecule has 3 nitrogen and oxygen atoms in total. The molecule has 1 rings (SSSR count). The van der Waals surface area contributed by atoms with Gasteiger partial charge in [0.1, 0.15) is 0 Å². The van der Waals surface area contributed by atoms with E-state index in [1.54, 1.807) is 0 Å². The molecule has 0 aromatic heterocycles. The van der Waals surface area contributed by atoms with E-state index in [2.05, 4.69) is 0 Å². The molecule has 0 spiro atoms. The molecule has 0 heterocycles. The minimum atomic E-state index is -1.32. The van der Waals surface area contributed by atoms with Crippen molar-refractivity contribution in [2.75, 3.05) is 0 Å². The number of hydrogen-bond donors (Lipinski definition) is 3. The molecular weight excluding hydrogens is 106 g/mol. The molecule has 1 saturated carbocycles. The fraction of sp³-hybridized carbons (Fsp3) is 1.00. The van der Waals surface area contributed by atoms with Crippen LogP contribution in [0.15, 0.2) is 0 Å². The Morgan fingerprint density at radius 3 is 1.88 bits per heavy atom. The van der Waals surface area contributed by atoms with E-state index in [1.165, 1.54) is 0 Å². The van der Waals surface area contributed by atoms with Crippen LogP contribution in [0, 0.1) is 0 Å². The normalized spacial score (nSPS) is 25.5. The summed E-state index contributed by atoms with van der Waals surface area (Å²) in [6.07, 6.45) is 1.18. The Morgan fingerprint density at radius 2 is 1.88 bits per heavy atom. The van der Waals surface area contributed by atoms with Crippen LogP contribution in [0.3, 0.4) is 0 Å². The molecular formula is C5H11NO2. The molecule has 1 fully saturated rings. The van der Waals surface area contributed by atoms with Crippen molar-refractivity contribution >= 4 is 0 Å². The first-order chi connectivity index (χ1) is 3.65. The van der Waals surface area contributed by atoms with E-state index in [4.69, 9.17) is 15.9 Å². The summed E-state index contributed by atoms with van der Waals surface area (Å²) in [5, 5.41) is 17.1. The molecule has 0 radical (unpaired) electrons. The maximum absolute atomic E-state index is 8.56. The average Bonchev–Trinajstić information content (AvgIpc) is 1.60. The van der Waals surface area contributed by atoms with Crippen LogP contribution < -0.4 is 5.73 Å². The van der Waals surface area contributed by atoms with Crippen LogP contribution in [0.1, 0.15) is 19.3 Å². The van der Waals surface area contributed by atoms with Crippen molar-refractivity contribution in [3.63, 3.8) is 0 Å². The third-order valence-corrected chi connectivity index (χ3v) is 1.80. The SMILES string of the molecule is NC1(C(O)O)CCC1. The van der Waals surface area contributed by atoms with E-state index in [0.29, 0.717) is 0 Å². The van der Waals surface area contributed by atoms with Crippen LogP contribution >= 0.6 is 0 Å². The number of aliphatic hydroxyl groups is 2. The fourth-order valence-electron chi connectivity index (χ4n) is 0.843. The molecule has 0 amide bonds. The van der Waals surface area contributed by atoms with E-state index < -0.39 is 11.8 Å². The third kappa shape index (κ3) is 0.727. The van der Waals surface area contributed by atoms with Gasteiger partial charge in [-0.2, -0.15) is 0 Å². The zero-order chi connectivity index (χ0) is 6.20. The zero-order valence-electron chi connectivity index (χ0n) is 4.67. The number of hydrogen-bond acceptors (Lipinski definition) is 3. The number of nitrogens with two attached hydrogens (primary N) is 1. The maximum atomic E-state index is 8.56. The second kappa shape index (κ2) is 1.69. The molecule has 0 unspecified atom stereocenters. The second-order valence-corrected chi connectivity index (χ2v) is 2.46. The summed E-state index contributed by atoms with van der Waals surface area (Å²) in [6, 6.07) is 0. The lowest BCUT2D eigenvalue weighted by Crippen LogP contribution is -2.56. The van der Waals surface area contributed by atoms with E-state index in [1.807, 2.05) is 0 Å². The van der Waals surface area contributed by atoms with Gasteiger partial charge < -0.3 is 15.9 Å². The van der Waals surface area contributed by atoms with Gasteiger partial charge in [-0.15, -0.1) is 0 Å². The molecule has 0 saturated heterocycles. The summed E-state index contributed by atoms with van der Waals surface area (Å²) in [6.45, 7) is 0. The quantitative estimate of drug-likeness (QED) is 0.393. The van der Waals surface area contributed by atoms with E-state index in [0.717, 1.165) is 19.3 Å². The molecule has 4 N–H and O–H groups in total. The van der Waals surface area contributed by atoms with Crippen molar-refractivity contribution in [1.29, 1.82) is 0 Å². The first-order valence-corrected chi connectivity index (χ1v) is 2.80. The first kappa shape index (κ1) is 6.01. The summed E-state index contributed by atoms with van der Waals surface area (Å²) in [4.78, 5) is 0. The van der Waals surface area contributed by atoms with E-state index in [-0.39, 0.29) is 0 Å². The Bertz CT molecular complexity index is 88.4. The van der Waals surface area contributed by atoms with Gasteiger partial charge in [-0.1, -0.05) is 0 Å². The van der Waals surface area contributed by atoms with Crippen molar-refractivity contribution in [3.8, 4) is 0 Å². The molecule has 0 aliphatic heterocycles. The Kier molecular flexibility index (Phi) is 1.27. The summed E-state index contributed by atoms with van der Waals surface area (Å²) >= 11 is 0. The van der Waals surface area contributed by atoms with Crippen LogP contribution in [0.2, 0.25) is 0 Å². The lowest BCUT2D eigenvalue weighted by molar-refractivity contribution is -0.120. The second-order valence-electron chi connectivity index (χ2n) is 2.46. The van der Waals surface area contributed by atoms with Gasteiger partial charge in [-0.3, -0.25) is 0 Å². The molecule has 8 heavy (non-hydrogen) atoms. The molecule has 0 atom stereocenters. The van der Waals surface area contributed by atoms with Crippen LogP contribution in [0.4, 0.5) is 0 Å². The highest BCUT2D eigenvalue weighted by Crippen LogP contribution is 2.30. The van der Waals surface area contributed by atoms with E-state index >= 15 is 0 Å². The first-order valence-electron chi connectivity index (χ1n) is 2.80. The van der Waals surface area contributed by atoms with Gasteiger partial charge in [0, 0.05) is 0 Å². The summed E-state index contributed by atoms with van der Waals surface area (Å²) in [7, 11) is 0. The summed E-state index contributed by atoms with van der Waals surface area (Å²) < 4.78 is 0. The van der Waals surface area contributed by atoms with Crippen molar-refractivity contribution in [1.82, 2.24) is 0 Å². The van der Waals surface area contributed by atoms with Crippen molar-refractivity contribution in [3.05, 3.63) is 0 Å². The van der Waals surface area contributed by atoms with Crippen LogP contribution in [0.25, 0.3) is 0 Å². The monoisotopic (exact) mass is 117 g/mol. The molecule has 0 aromatic carbocycles. The molecule has 1 aliphatic carbocycles. The summed E-state index contributed by atoms with van der Waals surface area (Å²) in [5.41, 5.74) is 4.78. The van der Waals surface area contributed by atoms with Gasteiger partial charge in [-0.05, 0) is 19.3 Å². The van der Waals surface area contributed by atoms with Crippen LogP contribution in [-0.4, -0.2) is 22.0 Å². The minimum Gasteiger partial charge on any atom is -0.367 e. The van der Waals surface area contributed by atoms with Crippen molar-refractivity contribution in [2.24, 2.45) is 5.73 Å². The third-order valence-electron chi connectivity index (χ3n) is 1.80. The molecule has 48 valence electrons. The van der Waals surface area contributed by atoms with Crippen LogP contribution in [-0.2, 0) is 0 Å². The van der Waals surface area contributed by atoms with Crippen molar-refractivity contribution < 1.29 is 10.2 Å². The van der Waals surface area contributed by atoms with Crippen molar-refractivity contribution in [2.45, 2.75) is 31.1 Å². The molecule has 1 aliphatic rings. The Morgan fingerprint density at radius 1 is 1.38 bits per heavy atom. The highest BCUT2D eigenvalue weighted by Gasteiger charge is 2.38. The lowest BCUT2D eigenvalue weighted by atomic mass is 9.77. The van der Waals surface area contributed by atoms with Gasteiger partial charge in [0.25, 0.3) is 0 Å². The highest BCUT2D eigenvalue weighted by atomic mass is 16.5. The largest absolute Gasteiger partial charge is 0.367 e. The molecule has 3 heteroatoms. The highest BCUT2D eigenvalue weighted by molar-refractivity contribution is 4.94. The molecule has 0 bridgehead atoms. The zero-order valence-corrected chi connectivity index (χ0v) is 4.67. The van der Waals surface area contributed by atoms with E-state index in [9.17, 15) is 0 Å². The molecule has 0 aromatic rings. The number of rotatable bonds is 1. The standard InChI is InChI=1S/C5H11NO2/c6-5(4(7)8)2-1-3-5/h4,7-8H,1-3,6H2. The maximum Gasteiger partial charge on any atom is 0.169 e. The Labute approximate surface area is 48.1 Å². The minimum absolute atomic E-state index is 0.667. The van der Waals surface area contributed by atoms with Gasteiger partial charge in [0.2, 0.25) is 0 Å². The summed E-state index contributed by atoms with van der Waals surface area (Å²) in [5.74, 6) is 0. The van der Waals surface area contributed by atoms with Gasteiger partial charge >= 0.3 is 0 Å². The predicted molar refractivity (Wildman–Crippen MR) is 29.0 cm³/mol.